The van der Waals surface area contributed by atoms with Crippen molar-refractivity contribution in [3.8, 4) is 56.0 Å². The highest BCUT2D eigenvalue weighted by Crippen LogP contribution is 2.36. The largest absolute Gasteiger partial charge is 0.339 e. The number of pyridine rings is 3. The van der Waals surface area contributed by atoms with E-state index in [1.54, 1.807) is 0 Å². The van der Waals surface area contributed by atoms with Crippen molar-refractivity contribution >= 4 is 11.5 Å². The Labute approximate surface area is 251 Å². The van der Waals surface area contributed by atoms with Crippen molar-refractivity contribution in [3.63, 3.8) is 0 Å². The van der Waals surface area contributed by atoms with Crippen molar-refractivity contribution < 1.29 is 0 Å². The number of aromatic nitrogens is 3. The molecule has 4 aromatic carbocycles. The molecule has 0 unspecified atom stereocenters. The zero-order valence-corrected chi connectivity index (χ0v) is 23.4. The monoisotopic (exact) mass is 552 g/mol. The van der Waals surface area contributed by atoms with E-state index in [0.29, 0.717) is 0 Å². The first-order valence-electron chi connectivity index (χ1n) is 14.3. The molecule has 204 valence electrons. The fourth-order valence-electron chi connectivity index (χ4n) is 5.27. The molecule has 4 nitrogen and oxygen atoms in total. The van der Waals surface area contributed by atoms with E-state index in [9.17, 15) is 0 Å². The lowest BCUT2D eigenvalue weighted by Gasteiger charge is -2.16. The first kappa shape index (κ1) is 26.1. The Balaban J connectivity index is 1.31. The molecular weight excluding hydrogens is 524 g/mol. The molecule has 7 aromatic rings. The molecule has 0 aliphatic heterocycles. The van der Waals surface area contributed by atoms with Gasteiger partial charge in [-0.05, 0) is 64.7 Å². The van der Waals surface area contributed by atoms with Crippen LogP contribution in [0.5, 0.6) is 0 Å². The lowest BCUT2D eigenvalue weighted by molar-refractivity contribution is 1.27. The normalized spacial score (nSPS) is 10.8. The second kappa shape index (κ2) is 11.9. The van der Waals surface area contributed by atoms with Gasteiger partial charge in [-0.2, -0.15) is 0 Å². The SMILES string of the molecule is c1ccc(-c2ccnc(-c3ccccc3Nc3ncccc3-c3cc(-c4ccccc4)cc(-c4ccccc4)n3)c2)cc1. The second-order valence-corrected chi connectivity index (χ2v) is 10.2. The van der Waals surface area contributed by atoms with E-state index in [1.165, 1.54) is 0 Å². The summed E-state index contributed by atoms with van der Waals surface area (Å²) in [4.78, 5) is 14.7. The highest BCUT2D eigenvalue weighted by molar-refractivity contribution is 5.86. The lowest BCUT2D eigenvalue weighted by atomic mass is 10.00. The zero-order valence-electron chi connectivity index (χ0n) is 23.4. The number of para-hydroxylation sites is 1. The molecule has 0 saturated carbocycles. The van der Waals surface area contributed by atoms with Crippen LogP contribution >= 0.6 is 0 Å². The van der Waals surface area contributed by atoms with Gasteiger partial charge >= 0.3 is 0 Å². The standard InChI is InChI=1S/C39H28N4/c1-4-13-28(14-5-1)31-22-24-40-37(25-31)33-19-10-11-21-35(33)43-39-34(20-12-23-41-39)38-27-32(29-15-6-2-7-16-29)26-36(42-38)30-17-8-3-9-18-30/h1-27H,(H,41,43). The number of nitrogens with zero attached hydrogens (tertiary/aromatic N) is 3. The topological polar surface area (TPSA) is 50.7 Å². The number of anilines is 2. The lowest BCUT2D eigenvalue weighted by Crippen LogP contribution is -2.00. The predicted molar refractivity (Wildman–Crippen MR) is 177 cm³/mol. The molecule has 4 heteroatoms. The van der Waals surface area contributed by atoms with Crippen molar-refractivity contribution in [2.24, 2.45) is 0 Å². The fourth-order valence-corrected chi connectivity index (χ4v) is 5.27. The van der Waals surface area contributed by atoms with Crippen LogP contribution in [-0.2, 0) is 0 Å². The van der Waals surface area contributed by atoms with Gasteiger partial charge in [-0.3, -0.25) is 4.98 Å². The summed E-state index contributed by atoms with van der Waals surface area (Å²) in [5.74, 6) is 0.728. The van der Waals surface area contributed by atoms with E-state index in [-0.39, 0.29) is 0 Å². The van der Waals surface area contributed by atoms with Gasteiger partial charge < -0.3 is 5.32 Å². The third kappa shape index (κ3) is 5.67. The summed E-state index contributed by atoms with van der Waals surface area (Å²) in [7, 11) is 0. The number of rotatable bonds is 7. The summed E-state index contributed by atoms with van der Waals surface area (Å²) in [5.41, 5.74) is 11.0. The third-order valence-electron chi connectivity index (χ3n) is 7.41. The second-order valence-electron chi connectivity index (χ2n) is 10.2. The molecular formula is C39H28N4. The van der Waals surface area contributed by atoms with Crippen molar-refractivity contribution in [3.05, 3.63) is 164 Å². The Morgan fingerprint density at radius 1 is 0.372 bits per heavy atom. The maximum atomic E-state index is 5.14. The van der Waals surface area contributed by atoms with Crippen LogP contribution in [0.25, 0.3) is 56.0 Å². The van der Waals surface area contributed by atoms with E-state index >= 15 is 0 Å². The summed E-state index contributed by atoms with van der Waals surface area (Å²) in [6.45, 7) is 0. The summed E-state index contributed by atoms with van der Waals surface area (Å²) in [5, 5.41) is 3.62. The van der Waals surface area contributed by atoms with Crippen molar-refractivity contribution in [1.29, 1.82) is 0 Å². The van der Waals surface area contributed by atoms with Crippen LogP contribution in [0.2, 0.25) is 0 Å². The fraction of sp³-hybridized carbons (Fsp3) is 0. The van der Waals surface area contributed by atoms with E-state index in [4.69, 9.17) is 15.0 Å². The Bertz CT molecular complexity index is 1930. The molecule has 0 bridgehead atoms. The first-order chi connectivity index (χ1) is 21.3. The molecule has 0 radical (unpaired) electrons. The van der Waals surface area contributed by atoms with Crippen molar-refractivity contribution in [1.82, 2.24) is 15.0 Å². The summed E-state index contributed by atoms with van der Waals surface area (Å²) < 4.78 is 0. The van der Waals surface area contributed by atoms with E-state index in [1.807, 2.05) is 67.0 Å². The van der Waals surface area contributed by atoms with Crippen molar-refractivity contribution in [2.45, 2.75) is 0 Å². The number of hydrogen-bond acceptors (Lipinski definition) is 4. The predicted octanol–water partition coefficient (Wildman–Crippen LogP) is 9.95. The van der Waals surface area contributed by atoms with Crippen LogP contribution in [0.15, 0.2) is 164 Å². The van der Waals surface area contributed by atoms with Gasteiger partial charge in [-0.1, -0.05) is 109 Å². The Hall–Kier alpha value is -5.87. The minimum atomic E-state index is 0.728. The Kier molecular flexibility index (Phi) is 7.23. The Morgan fingerprint density at radius 2 is 0.953 bits per heavy atom. The maximum Gasteiger partial charge on any atom is 0.139 e. The highest BCUT2D eigenvalue weighted by Gasteiger charge is 2.15. The van der Waals surface area contributed by atoms with Crippen LogP contribution in [0.3, 0.4) is 0 Å². The minimum absolute atomic E-state index is 0.728. The molecule has 0 saturated heterocycles. The van der Waals surface area contributed by atoms with Gasteiger partial charge in [-0.25, -0.2) is 9.97 Å². The van der Waals surface area contributed by atoms with Crippen LogP contribution in [0.1, 0.15) is 0 Å². The summed E-state index contributed by atoms with van der Waals surface area (Å²) in [6, 6.07) is 51.8. The average Bonchev–Trinajstić information content (AvgIpc) is 3.10. The van der Waals surface area contributed by atoms with Crippen LogP contribution in [-0.4, -0.2) is 15.0 Å². The minimum Gasteiger partial charge on any atom is -0.339 e. The van der Waals surface area contributed by atoms with Gasteiger partial charge in [-0.15, -0.1) is 0 Å². The molecule has 7 rings (SSSR count). The highest BCUT2D eigenvalue weighted by atomic mass is 15.0. The van der Waals surface area contributed by atoms with E-state index < -0.39 is 0 Å². The maximum absolute atomic E-state index is 5.14. The molecule has 0 aliphatic carbocycles. The smallest absolute Gasteiger partial charge is 0.139 e. The van der Waals surface area contributed by atoms with E-state index in [2.05, 4.69) is 102 Å². The van der Waals surface area contributed by atoms with Crippen molar-refractivity contribution in [2.75, 3.05) is 5.32 Å². The summed E-state index contributed by atoms with van der Waals surface area (Å²) >= 11 is 0. The van der Waals surface area contributed by atoms with E-state index in [0.717, 1.165) is 67.5 Å². The number of nitrogens with one attached hydrogen (secondary N) is 1. The molecule has 43 heavy (non-hydrogen) atoms. The Morgan fingerprint density at radius 3 is 1.70 bits per heavy atom. The average molecular weight is 553 g/mol. The summed E-state index contributed by atoms with van der Waals surface area (Å²) in [6.07, 6.45) is 3.67. The molecule has 0 atom stereocenters. The van der Waals surface area contributed by atoms with Crippen LogP contribution < -0.4 is 5.32 Å². The van der Waals surface area contributed by atoms with Gasteiger partial charge in [0.25, 0.3) is 0 Å². The quantitative estimate of drug-likeness (QED) is 0.214. The zero-order chi connectivity index (χ0) is 28.8. The van der Waals surface area contributed by atoms with Gasteiger partial charge in [0.1, 0.15) is 5.82 Å². The molecule has 0 aliphatic rings. The van der Waals surface area contributed by atoms with Gasteiger partial charge in [0.05, 0.1) is 17.1 Å². The molecule has 0 spiro atoms. The molecule has 1 N–H and O–H groups in total. The third-order valence-corrected chi connectivity index (χ3v) is 7.41. The van der Waals surface area contributed by atoms with Crippen LogP contribution in [0.4, 0.5) is 11.5 Å². The molecule has 0 amide bonds. The van der Waals surface area contributed by atoms with Gasteiger partial charge in [0.2, 0.25) is 0 Å². The first-order valence-corrected chi connectivity index (χ1v) is 14.3. The molecule has 3 heterocycles. The van der Waals surface area contributed by atoms with Gasteiger partial charge in [0, 0.05) is 34.8 Å². The number of hydrogen-bond donors (Lipinski definition) is 1. The molecule has 0 fully saturated rings. The van der Waals surface area contributed by atoms with Gasteiger partial charge in [0.15, 0.2) is 0 Å². The number of benzene rings is 4. The molecule has 3 aromatic heterocycles. The van der Waals surface area contributed by atoms with Crippen LogP contribution in [0, 0.1) is 0 Å².